The normalized spacial score (nSPS) is 10.1. The molecule has 0 aliphatic rings. The van der Waals surface area contributed by atoms with Gasteiger partial charge in [0.15, 0.2) is 0 Å². The molecule has 0 heterocycles. The summed E-state index contributed by atoms with van der Waals surface area (Å²) in [7, 11) is 1.63. The van der Waals surface area contributed by atoms with Crippen LogP contribution in [0.2, 0.25) is 0 Å². The molecule has 0 atom stereocenters. The number of hydrogen-bond donors (Lipinski definition) is 1. The lowest BCUT2D eigenvalue weighted by molar-refractivity contribution is -0.385. The van der Waals surface area contributed by atoms with Gasteiger partial charge in [0.25, 0.3) is 5.69 Å². The summed E-state index contributed by atoms with van der Waals surface area (Å²) in [6, 6.07) is 6.43. The predicted molar refractivity (Wildman–Crippen MR) is 67.9 cm³/mol. The molecule has 0 fully saturated rings. The first-order chi connectivity index (χ1) is 8.56. The highest BCUT2D eigenvalue weighted by Crippen LogP contribution is 2.19. The van der Waals surface area contributed by atoms with Crippen LogP contribution in [-0.4, -0.2) is 29.3 Å². The third-order valence-corrected chi connectivity index (χ3v) is 2.62. The monoisotopic (exact) mass is 251 g/mol. The highest BCUT2D eigenvalue weighted by atomic mass is 16.6. The van der Waals surface area contributed by atoms with Gasteiger partial charge in [-0.3, -0.25) is 14.9 Å². The van der Waals surface area contributed by atoms with Crippen LogP contribution in [0.1, 0.15) is 18.4 Å². The largest absolute Gasteiger partial charge is 0.341 e. The second-order valence-corrected chi connectivity index (χ2v) is 4.03. The summed E-state index contributed by atoms with van der Waals surface area (Å²) in [5.41, 5.74) is 5.90. The van der Waals surface area contributed by atoms with E-state index in [-0.39, 0.29) is 18.1 Å². The Bertz CT molecular complexity index is 434. The molecule has 0 aromatic heterocycles. The van der Waals surface area contributed by atoms with E-state index in [0.717, 1.165) is 0 Å². The first-order valence-corrected chi connectivity index (χ1v) is 5.72. The lowest BCUT2D eigenvalue weighted by atomic mass is 10.1. The Balaban J connectivity index is 2.72. The van der Waals surface area contributed by atoms with E-state index in [4.69, 9.17) is 5.73 Å². The Morgan fingerprint density at radius 1 is 1.44 bits per heavy atom. The molecule has 6 heteroatoms. The smallest absolute Gasteiger partial charge is 0.274 e. The molecule has 0 saturated heterocycles. The Morgan fingerprint density at radius 2 is 2.11 bits per heavy atom. The van der Waals surface area contributed by atoms with E-state index in [1.54, 1.807) is 25.2 Å². The number of carbonyl (C=O) groups is 1. The summed E-state index contributed by atoms with van der Waals surface area (Å²) in [5.74, 6) is -0.0569. The summed E-state index contributed by atoms with van der Waals surface area (Å²) in [4.78, 5) is 23.6. The maximum Gasteiger partial charge on any atom is 0.274 e. The van der Waals surface area contributed by atoms with Gasteiger partial charge in [-0.1, -0.05) is 18.2 Å². The van der Waals surface area contributed by atoms with Crippen molar-refractivity contribution in [1.82, 2.24) is 4.90 Å². The van der Waals surface area contributed by atoms with E-state index >= 15 is 0 Å². The summed E-state index contributed by atoms with van der Waals surface area (Å²) < 4.78 is 0. The van der Waals surface area contributed by atoms with Crippen LogP contribution >= 0.6 is 0 Å². The third kappa shape index (κ3) is 3.81. The predicted octanol–water partition coefficient (Wildman–Crippen LogP) is 1.29. The highest BCUT2D eigenvalue weighted by Gasteiger charge is 2.16. The van der Waals surface area contributed by atoms with E-state index in [9.17, 15) is 14.9 Å². The number of hydrogen-bond acceptors (Lipinski definition) is 4. The van der Waals surface area contributed by atoms with Gasteiger partial charge in [-0.05, 0) is 13.0 Å². The molecule has 1 aromatic rings. The zero-order valence-electron chi connectivity index (χ0n) is 10.3. The second-order valence-electron chi connectivity index (χ2n) is 4.03. The first kappa shape index (κ1) is 14.1. The van der Waals surface area contributed by atoms with Crippen LogP contribution in [0.4, 0.5) is 5.69 Å². The van der Waals surface area contributed by atoms with Crippen LogP contribution < -0.4 is 5.73 Å². The van der Waals surface area contributed by atoms with Crippen molar-refractivity contribution in [2.24, 2.45) is 5.73 Å². The van der Waals surface area contributed by atoms with Crippen LogP contribution in [0, 0.1) is 10.1 Å². The molecule has 0 radical (unpaired) electrons. The number of amides is 1. The number of rotatable bonds is 6. The Labute approximate surface area is 106 Å². The van der Waals surface area contributed by atoms with Gasteiger partial charge >= 0.3 is 0 Å². The fourth-order valence-corrected chi connectivity index (χ4v) is 1.61. The fraction of sp³-hybridized carbons (Fsp3) is 0.417. The SMILES string of the molecule is CN(Cc1ccccc1[N+](=O)[O-])C(=O)CCCN. The molecule has 2 N–H and O–H groups in total. The lowest BCUT2D eigenvalue weighted by Gasteiger charge is -2.17. The maximum absolute atomic E-state index is 11.7. The Kier molecular flexibility index (Phi) is 5.26. The molecule has 0 aliphatic heterocycles. The topological polar surface area (TPSA) is 89.5 Å². The third-order valence-electron chi connectivity index (χ3n) is 2.62. The van der Waals surface area contributed by atoms with Crippen molar-refractivity contribution in [3.05, 3.63) is 39.9 Å². The molecule has 0 bridgehead atoms. The molecule has 18 heavy (non-hydrogen) atoms. The average Bonchev–Trinajstić information content (AvgIpc) is 2.36. The first-order valence-electron chi connectivity index (χ1n) is 5.72. The van der Waals surface area contributed by atoms with Crippen molar-refractivity contribution < 1.29 is 9.72 Å². The Hall–Kier alpha value is -1.95. The van der Waals surface area contributed by atoms with E-state index in [1.807, 2.05) is 0 Å². The van der Waals surface area contributed by atoms with E-state index in [0.29, 0.717) is 24.9 Å². The van der Waals surface area contributed by atoms with Crippen molar-refractivity contribution in [3.63, 3.8) is 0 Å². The summed E-state index contributed by atoms with van der Waals surface area (Å²) in [5, 5.41) is 10.8. The van der Waals surface area contributed by atoms with Gasteiger partial charge in [-0.25, -0.2) is 0 Å². The van der Waals surface area contributed by atoms with Crippen molar-refractivity contribution in [2.75, 3.05) is 13.6 Å². The maximum atomic E-state index is 11.7. The molecule has 0 saturated carbocycles. The molecule has 0 aliphatic carbocycles. The lowest BCUT2D eigenvalue weighted by Crippen LogP contribution is -2.26. The van der Waals surface area contributed by atoms with E-state index < -0.39 is 4.92 Å². The van der Waals surface area contributed by atoms with Crippen LogP contribution in [0.15, 0.2) is 24.3 Å². The minimum atomic E-state index is -0.437. The molecule has 0 spiro atoms. The summed E-state index contributed by atoms with van der Waals surface area (Å²) in [6.45, 7) is 0.700. The minimum absolute atomic E-state index is 0.0379. The number of nitro groups is 1. The molecule has 1 aromatic carbocycles. The number of benzene rings is 1. The van der Waals surface area contributed by atoms with Gasteiger partial charge in [-0.15, -0.1) is 0 Å². The molecule has 98 valence electrons. The zero-order valence-corrected chi connectivity index (χ0v) is 10.3. The number of nitrogens with two attached hydrogens (primary N) is 1. The van der Waals surface area contributed by atoms with Crippen LogP contribution in [-0.2, 0) is 11.3 Å². The fourth-order valence-electron chi connectivity index (χ4n) is 1.61. The quantitative estimate of drug-likeness (QED) is 0.609. The van der Waals surface area contributed by atoms with Crippen molar-refractivity contribution in [1.29, 1.82) is 0 Å². The van der Waals surface area contributed by atoms with Gasteiger partial charge < -0.3 is 10.6 Å². The van der Waals surface area contributed by atoms with E-state index in [1.165, 1.54) is 11.0 Å². The summed E-state index contributed by atoms with van der Waals surface area (Å²) in [6.07, 6.45) is 0.994. The number of para-hydroxylation sites is 1. The van der Waals surface area contributed by atoms with Gasteiger partial charge in [0.2, 0.25) is 5.91 Å². The molecule has 1 amide bonds. The molecular formula is C12H17N3O3. The van der Waals surface area contributed by atoms with Gasteiger partial charge in [0.1, 0.15) is 0 Å². The number of nitrogens with zero attached hydrogens (tertiary/aromatic N) is 2. The minimum Gasteiger partial charge on any atom is -0.341 e. The second kappa shape index (κ2) is 6.70. The Morgan fingerprint density at radius 3 is 2.72 bits per heavy atom. The average molecular weight is 251 g/mol. The molecular weight excluding hydrogens is 234 g/mol. The molecule has 6 nitrogen and oxygen atoms in total. The van der Waals surface area contributed by atoms with Crippen LogP contribution in [0.25, 0.3) is 0 Å². The molecule has 1 rings (SSSR count). The van der Waals surface area contributed by atoms with Gasteiger partial charge in [0, 0.05) is 25.1 Å². The zero-order chi connectivity index (χ0) is 13.5. The van der Waals surface area contributed by atoms with Crippen molar-refractivity contribution in [2.45, 2.75) is 19.4 Å². The van der Waals surface area contributed by atoms with Crippen LogP contribution in [0.5, 0.6) is 0 Å². The highest BCUT2D eigenvalue weighted by molar-refractivity contribution is 5.76. The van der Waals surface area contributed by atoms with E-state index in [2.05, 4.69) is 0 Å². The molecule has 0 unspecified atom stereocenters. The van der Waals surface area contributed by atoms with Crippen molar-refractivity contribution >= 4 is 11.6 Å². The number of nitro benzene ring substituents is 1. The van der Waals surface area contributed by atoms with Crippen molar-refractivity contribution in [3.8, 4) is 0 Å². The number of carbonyl (C=O) groups excluding carboxylic acids is 1. The summed E-state index contributed by atoms with van der Waals surface area (Å²) >= 11 is 0. The van der Waals surface area contributed by atoms with Crippen LogP contribution in [0.3, 0.4) is 0 Å². The van der Waals surface area contributed by atoms with Gasteiger partial charge in [-0.2, -0.15) is 0 Å². The standard InChI is InChI=1S/C12H17N3O3/c1-14(12(16)7-4-8-13)9-10-5-2-3-6-11(10)15(17)18/h2-3,5-6H,4,7-9,13H2,1H3. The van der Waals surface area contributed by atoms with Gasteiger partial charge in [0.05, 0.1) is 11.5 Å².